The lowest BCUT2D eigenvalue weighted by atomic mass is 9.92. The maximum absolute atomic E-state index is 10.7. The molecule has 0 aliphatic rings. The third kappa shape index (κ3) is 3.04. The van der Waals surface area contributed by atoms with Gasteiger partial charge in [0, 0.05) is 10.4 Å². The fourth-order valence-corrected chi connectivity index (χ4v) is 1.98. The third-order valence-electron chi connectivity index (χ3n) is 2.45. The molecule has 1 rings (SSSR count). The second-order valence-electron chi connectivity index (χ2n) is 3.48. The zero-order chi connectivity index (χ0) is 11.4. The Morgan fingerprint density at radius 2 is 2.27 bits per heavy atom. The summed E-state index contributed by atoms with van der Waals surface area (Å²) in [7, 11) is 0. The first-order chi connectivity index (χ1) is 7.06. The molecule has 1 aromatic carbocycles. The molecule has 0 aliphatic carbocycles. The summed E-state index contributed by atoms with van der Waals surface area (Å²) in [6.07, 6.45) is 0.0772. The van der Waals surface area contributed by atoms with Gasteiger partial charge in [0.25, 0.3) is 0 Å². The normalized spacial score (nSPS) is 12.5. The van der Waals surface area contributed by atoms with E-state index in [1.165, 1.54) is 0 Å². The van der Waals surface area contributed by atoms with Crippen molar-refractivity contribution in [3.63, 3.8) is 0 Å². The number of halogens is 1. The van der Waals surface area contributed by atoms with Crippen LogP contribution in [0.2, 0.25) is 0 Å². The number of nitrogens with two attached hydrogens (primary N) is 1. The first-order valence-electron chi connectivity index (χ1n) is 4.73. The van der Waals surface area contributed by atoms with Crippen LogP contribution >= 0.6 is 15.9 Å². The highest BCUT2D eigenvalue weighted by molar-refractivity contribution is 9.10. The number of carboxylic acid groups (broad SMARTS) is 1. The van der Waals surface area contributed by atoms with E-state index < -0.39 is 5.97 Å². The largest absolute Gasteiger partial charge is 0.481 e. The van der Waals surface area contributed by atoms with Crippen LogP contribution in [-0.4, -0.2) is 17.6 Å². The molecule has 1 aromatic rings. The zero-order valence-corrected chi connectivity index (χ0v) is 10.1. The predicted molar refractivity (Wildman–Crippen MR) is 62.9 cm³/mol. The van der Waals surface area contributed by atoms with Crippen LogP contribution in [0.4, 0.5) is 0 Å². The van der Waals surface area contributed by atoms with Crippen molar-refractivity contribution in [3.8, 4) is 0 Å². The van der Waals surface area contributed by atoms with E-state index in [1.807, 2.05) is 25.1 Å². The molecule has 4 heteroatoms. The Labute approximate surface area is 97.4 Å². The molecule has 82 valence electrons. The molecular weight excluding hydrogens is 258 g/mol. The van der Waals surface area contributed by atoms with Gasteiger partial charge in [0.05, 0.1) is 6.42 Å². The lowest BCUT2D eigenvalue weighted by Gasteiger charge is -2.16. The van der Waals surface area contributed by atoms with E-state index in [9.17, 15) is 4.79 Å². The van der Waals surface area contributed by atoms with Gasteiger partial charge in [-0.15, -0.1) is 0 Å². The van der Waals surface area contributed by atoms with Gasteiger partial charge in [-0.1, -0.05) is 28.1 Å². The Bertz CT molecular complexity index is 366. The van der Waals surface area contributed by atoms with Crippen LogP contribution in [0.25, 0.3) is 0 Å². The molecule has 3 nitrogen and oxygen atoms in total. The summed E-state index contributed by atoms with van der Waals surface area (Å²) in [5.74, 6) is -0.926. The second-order valence-corrected chi connectivity index (χ2v) is 4.34. The summed E-state index contributed by atoms with van der Waals surface area (Å²) in [5.41, 5.74) is 7.67. The lowest BCUT2D eigenvalue weighted by molar-refractivity contribution is -0.137. The van der Waals surface area contributed by atoms with Crippen molar-refractivity contribution >= 4 is 21.9 Å². The van der Waals surface area contributed by atoms with Crippen molar-refractivity contribution in [1.82, 2.24) is 0 Å². The monoisotopic (exact) mass is 271 g/mol. The predicted octanol–water partition coefficient (Wildman–Crippen LogP) is 2.27. The molecule has 0 saturated heterocycles. The third-order valence-corrected chi connectivity index (χ3v) is 3.31. The Morgan fingerprint density at radius 1 is 1.60 bits per heavy atom. The average Bonchev–Trinajstić information content (AvgIpc) is 2.19. The molecule has 1 unspecified atom stereocenters. The molecule has 0 aliphatic heterocycles. The molecule has 0 fully saturated rings. The summed E-state index contributed by atoms with van der Waals surface area (Å²) in [4.78, 5) is 10.7. The minimum atomic E-state index is -0.815. The van der Waals surface area contributed by atoms with Crippen LogP contribution < -0.4 is 5.73 Å². The molecule has 0 radical (unpaired) electrons. The maximum Gasteiger partial charge on any atom is 0.304 e. The van der Waals surface area contributed by atoms with Gasteiger partial charge >= 0.3 is 5.97 Å². The van der Waals surface area contributed by atoms with Crippen molar-refractivity contribution in [1.29, 1.82) is 0 Å². The number of carbonyl (C=O) groups is 1. The standard InChI is InChI=1S/C11H14BrNO2/c1-7-9(3-2-4-10(7)12)8(6-13)5-11(14)15/h2-4,8H,5-6,13H2,1H3,(H,14,15). The molecule has 0 saturated carbocycles. The van der Waals surface area contributed by atoms with Crippen molar-refractivity contribution in [2.24, 2.45) is 5.73 Å². The van der Waals surface area contributed by atoms with E-state index >= 15 is 0 Å². The van der Waals surface area contributed by atoms with Gasteiger partial charge in [-0.2, -0.15) is 0 Å². The summed E-state index contributed by atoms with van der Waals surface area (Å²) in [6.45, 7) is 2.31. The number of hydrogen-bond acceptors (Lipinski definition) is 2. The number of rotatable bonds is 4. The Hall–Kier alpha value is -0.870. The van der Waals surface area contributed by atoms with Crippen molar-refractivity contribution in [2.75, 3.05) is 6.54 Å². The van der Waals surface area contributed by atoms with Gasteiger partial charge in [-0.3, -0.25) is 4.79 Å². The highest BCUT2D eigenvalue weighted by atomic mass is 79.9. The molecular formula is C11H14BrNO2. The zero-order valence-electron chi connectivity index (χ0n) is 8.53. The topological polar surface area (TPSA) is 63.3 Å². The fraction of sp³-hybridized carbons (Fsp3) is 0.364. The number of benzene rings is 1. The lowest BCUT2D eigenvalue weighted by Crippen LogP contribution is -2.17. The van der Waals surface area contributed by atoms with Gasteiger partial charge in [-0.05, 0) is 30.7 Å². The smallest absolute Gasteiger partial charge is 0.304 e. The molecule has 0 amide bonds. The molecule has 1 atom stereocenters. The van der Waals surface area contributed by atoms with E-state index in [-0.39, 0.29) is 12.3 Å². The van der Waals surface area contributed by atoms with Crippen molar-refractivity contribution in [3.05, 3.63) is 33.8 Å². The number of aliphatic carboxylic acids is 1. The number of hydrogen-bond donors (Lipinski definition) is 2. The van der Waals surface area contributed by atoms with E-state index in [2.05, 4.69) is 15.9 Å². The van der Waals surface area contributed by atoms with E-state index in [4.69, 9.17) is 10.8 Å². The molecule has 0 aromatic heterocycles. The molecule has 3 N–H and O–H groups in total. The minimum Gasteiger partial charge on any atom is -0.481 e. The highest BCUT2D eigenvalue weighted by Crippen LogP contribution is 2.27. The summed E-state index contributed by atoms with van der Waals surface area (Å²) in [6, 6.07) is 5.77. The first kappa shape index (κ1) is 12.2. The summed E-state index contributed by atoms with van der Waals surface area (Å²) >= 11 is 3.42. The molecule has 0 heterocycles. The van der Waals surface area contributed by atoms with Crippen LogP contribution in [-0.2, 0) is 4.79 Å². The Morgan fingerprint density at radius 3 is 2.80 bits per heavy atom. The maximum atomic E-state index is 10.7. The van der Waals surface area contributed by atoms with Gasteiger partial charge in [0.1, 0.15) is 0 Å². The van der Waals surface area contributed by atoms with E-state index in [0.29, 0.717) is 6.54 Å². The molecule has 0 bridgehead atoms. The van der Waals surface area contributed by atoms with Crippen LogP contribution in [0.1, 0.15) is 23.5 Å². The molecule has 15 heavy (non-hydrogen) atoms. The second kappa shape index (κ2) is 5.28. The number of carboxylic acids is 1. The van der Waals surface area contributed by atoms with Crippen LogP contribution in [0.3, 0.4) is 0 Å². The van der Waals surface area contributed by atoms with E-state index in [0.717, 1.165) is 15.6 Å². The summed E-state index contributed by atoms with van der Waals surface area (Å²) < 4.78 is 0.990. The quantitative estimate of drug-likeness (QED) is 0.883. The molecule has 0 spiro atoms. The van der Waals surface area contributed by atoms with E-state index in [1.54, 1.807) is 0 Å². The highest BCUT2D eigenvalue weighted by Gasteiger charge is 2.16. The average molecular weight is 272 g/mol. The van der Waals surface area contributed by atoms with Crippen LogP contribution in [0, 0.1) is 6.92 Å². The van der Waals surface area contributed by atoms with Gasteiger partial charge in [0.2, 0.25) is 0 Å². The summed E-state index contributed by atoms with van der Waals surface area (Å²) in [5, 5.41) is 8.77. The van der Waals surface area contributed by atoms with Crippen molar-refractivity contribution < 1.29 is 9.90 Å². The minimum absolute atomic E-state index is 0.0772. The van der Waals surface area contributed by atoms with Crippen molar-refractivity contribution in [2.45, 2.75) is 19.3 Å². The van der Waals surface area contributed by atoms with Crippen LogP contribution in [0.5, 0.6) is 0 Å². The first-order valence-corrected chi connectivity index (χ1v) is 5.52. The van der Waals surface area contributed by atoms with Gasteiger partial charge < -0.3 is 10.8 Å². The van der Waals surface area contributed by atoms with Gasteiger partial charge in [0.15, 0.2) is 0 Å². The Balaban J connectivity index is 3.01. The fourth-order valence-electron chi connectivity index (χ4n) is 1.60. The Kier molecular flexibility index (Phi) is 4.29. The van der Waals surface area contributed by atoms with Gasteiger partial charge in [-0.25, -0.2) is 0 Å². The SMILES string of the molecule is Cc1c(Br)cccc1C(CN)CC(=O)O. The van der Waals surface area contributed by atoms with Crippen LogP contribution in [0.15, 0.2) is 22.7 Å².